The van der Waals surface area contributed by atoms with Crippen molar-refractivity contribution < 1.29 is 13.6 Å². The highest BCUT2D eigenvalue weighted by Gasteiger charge is 2.21. The summed E-state index contributed by atoms with van der Waals surface area (Å²) in [6.07, 6.45) is 0. The first-order valence-electron chi connectivity index (χ1n) is 9.98. The van der Waals surface area contributed by atoms with E-state index in [0.717, 1.165) is 17.1 Å². The molecule has 0 unspecified atom stereocenters. The lowest BCUT2D eigenvalue weighted by molar-refractivity contribution is 0.388. The van der Waals surface area contributed by atoms with Gasteiger partial charge in [-0.1, -0.05) is 18.2 Å². The van der Waals surface area contributed by atoms with Gasteiger partial charge in [0, 0.05) is 77.5 Å². The van der Waals surface area contributed by atoms with Gasteiger partial charge in [-0.15, -0.1) is 0 Å². The van der Waals surface area contributed by atoms with Gasteiger partial charge in [-0.25, -0.2) is 0 Å². The minimum Gasteiger partial charge on any atom is -0.408 e. The van der Waals surface area contributed by atoms with Gasteiger partial charge in [0.2, 0.25) is 0 Å². The molecule has 0 heterocycles. The summed E-state index contributed by atoms with van der Waals surface area (Å²) in [4.78, 5) is 6.08. The quantitative estimate of drug-likeness (QED) is 0.401. The molecule has 6 nitrogen and oxygen atoms in total. The van der Waals surface area contributed by atoms with E-state index < -0.39 is 8.60 Å². The Morgan fingerprint density at radius 3 is 1.03 bits per heavy atom. The lowest BCUT2D eigenvalue weighted by Crippen LogP contribution is -2.10. The molecule has 0 bridgehead atoms. The average molecular weight is 439 g/mol. The maximum absolute atomic E-state index is 6.18. The zero-order valence-corrected chi connectivity index (χ0v) is 19.8. The monoisotopic (exact) mass is 439 g/mol. The smallest absolute Gasteiger partial charge is 0.408 e. The second-order valence-electron chi connectivity index (χ2n) is 7.67. The van der Waals surface area contributed by atoms with Gasteiger partial charge in [-0.3, -0.25) is 0 Å². The number of benzene rings is 3. The van der Waals surface area contributed by atoms with E-state index in [2.05, 4.69) is 0 Å². The van der Waals surface area contributed by atoms with Gasteiger partial charge < -0.3 is 28.3 Å². The molecule has 0 aliphatic carbocycles. The third-order valence-electron chi connectivity index (χ3n) is 4.54. The van der Waals surface area contributed by atoms with Crippen LogP contribution >= 0.6 is 8.60 Å². The Kier molecular flexibility index (Phi) is 7.48. The predicted octanol–water partition coefficient (Wildman–Crippen LogP) is 5.65. The number of rotatable bonds is 9. The third kappa shape index (κ3) is 6.43. The summed E-state index contributed by atoms with van der Waals surface area (Å²) in [6, 6.07) is 23.6. The van der Waals surface area contributed by atoms with E-state index in [-0.39, 0.29) is 0 Å². The summed E-state index contributed by atoms with van der Waals surface area (Å²) < 4.78 is 18.5. The number of hydrogen-bond donors (Lipinski definition) is 0. The highest BCUT2D eigenvalue weighted by Crippen LogP contribution is 2.43. The van der Waals surface area contributed by atoms with Crippen LogP contribution in [0.1, 0.15) is 0 Å². The molecule has 0 aliphatic heterocycles. The van der Waals surface area contributed by atoms with Crippen LogP contribution in [0.25, 0.3) is 0 Å². The first kappa shape index (κ1) is 22.6. The van der Waals surface area contributed by atoms with Crippen LogP contribution < -0.4 is 28.3 Å². The zero-order valence-electron chi connectivity index (χ0n) is 18.9. The van der Waals surface area contributed by atoms with Crippen LogP contribution in [-0.2, 0) is 0 Å². The molecule has 0 aromatic heterocycles. The molecular formula is C24H30N3O3P. The molecule has 164 valence electrons. The molecule has 3 aromatic carbocycles. The van der Waals surface area contributed by atoms with Crippen molar-refractivity contribution in [2.24, 2.45) is 0 Å². The summed E-state index contributed by atoms with van der Waals surface area (Å²) in [6.45, 7) is 0. The molecule has 7 heteroatoms. The van der Waals surface area contributed by atoms with Crippen molar-refractivity contribution in [1.29, 1.82) is 0 Å². The van der Waals surface area contributed by atoms with Crippen LogP contribution in [0.5, 0.6) is 17.2 Å². The van der Waals surface area contributed by atoms with Crippen LogP contribution in [0.15, 0.2) is 72.8 Å². The molecule has 31 heavy (non-hydrogen) atoms. The summed E-state index contributed by atoms with van der Waals surface area (Å²) in [5, 5.41) is 0. The van der Waals surface area contributed by atoms with E-state index in [1.807, 2.05) is 130 Å². The molecule has 3 rings (SSSR count). The first-order chi connectivity index (χ1) is 14.8. The fourth-order valence-corrected chi connectivity index (χ4v) is 3.74. The second-order valence-corrected chi connectivity index (χ2v) is 8.67. The van der Waals surface area contributed by atoms with Crippen molar-refractivity contribution in [1.82, 2.24) is 0 Å². The Balaban J connectivity index is 1.87. The first-order valence-corrected chi connectivity index (χ1v) is 11.1. The van der Waals surface area contributed by atoms with Crippen LogP contribution in [-0.4, -0.2) is 42.3 Å². The van der Waals surface area contributed by atoms with E-state index >= 15 is 0 Å². The van der Waals surface area contributed by atoms with Gasteiger partial charge in [-0.2, -0.15) is 0 Å². The molecule has 0 saturated heterocycles. The Morgan fingerprint density at radius 2 is 0.774 bits per heavy atom. The molecular weight excluding hydrogens is 409 g/mol. The van der Waals surface area contributed by atoms with Crippen molar-refractivity contribution >= 4 is 25.7 Å². The van der Waals surface area contributed by atoms with Crippen LogP contribution in [0.4, 0.5) is 17.1 Å². The third-order valence-corrected chi connectivity index (χ3v) is 5.62. The van der Waals surface area contributed by atoms with Gasteiger partial charge in [0.1, 0.15) is 17.2 Å². The maximum Gasteiger partial charge on any atom is 0.530 e. The summed E-state index contributed by atoms with van der Waals surface area (Å²) in [5.41, 5.74) is 3.12. The fraction of sp³-hybridized carbons (Fsp3) is 0.250. The fourth-order valence-electron chi connectivity index (χ4n) is 2.77. The van der Waals surface area contributed by atoms with E-state index in [1.54, 1.807) is 0 Å². The van der Waals surface area contributed by atoms with E-state index in [0.29, 0.717) is 17.2 Å². The Labute approximate surface area is 186 Å². The van der Waals surface area contributed by atoms with Crippen molar-refractivity contribution in [3.8, 4) is 17.2 Å². The minimum atomic E-state index is -1.74. The highest BCUT2D eigenvalue weighted by molar-refractivity contribution is 7.43. The Morgan fingerprint density at radius 1 is 0.484 bits per heavy atom. The molecule has 0 saturated carbocycles. The molecule has 0 atom stereocenters. The van der Waals surface area contributed by atoms with E-state index in [9.17, 15) is 0 Å². The minimum absolute atomic E-state index is 0.685. The molecule has 0 spiro atoms. The Hall–Kier alpha value is -3.11. The molecule has 0 aliphatic rings. The van der Waals surface area contributed by atoms with Gasteiger partial charge in [0.15, 0.2) is 0 Å². The molecule has 0 N–H and O–H groups in total. The second kappa shape index (κ2) is 10.3. The average Bonchev–Trinajstić information content (AvgIpc) is 2.74. The molecule has 0 amide bonds. The normalized spacial score (nSPS) is 10.5. The van der Waals surface area contributed by atoms with Gasteiger partial charge >= 0.3 is 8.60 Å². The standard InChI is InChI=1S/C24H30N3O3P/c1-25(2)19-10-7-13-22(16-19)28-31(29-23-14-8-11-20(17-23)26(3)4)30-24-15-9-12-21(18-24)27(5)6/h7-18H,1-6H3. The molecule has 0 radical (unpaired) electrons. The van der Waals surface area contributed by atoms with Gasteiger partial charge in [0.25, 0.3) is 0 Å². The topological polar surface area (TPSA) is 37.4 Å². The van der Waals surface area contributed by atoms with Crippen molar-refractivity contribution in [2.75, 3.05) is 57.0 Å². The largest absolute Gasteiger partial charge is 0.530 e. The van der Waals surface area contributed by atoms with Crippen LogP contribution in [0.3, 0.4) is 0 Å². The lowest BCUT2D eigenvalue weighted by atomic mass is 10.3. The van der Waals surface area contributed by atoms with Crippen LogP contribution in [0, 0.1) is 0 Å². The number of hydrogen-bond acceptors (Lipinski definition) is 6. The maximum atomic E-state index is 6.18. The molecule has 0 fully saturated rings. The molecule has 3 aromatic rings. The highest BCUT2D eigenvalue weighted by atomic mass is 31.2. The lowest BCUT2D eigenvalue weighted by Gasteiger charge is -2.21. The Bertz CT molecular complexity index is 868. The van der Waals surface area contributed by atoms with Crippen molar-refractivity contribution in [3.63, 3.8) is 0 Å². The van der Waals surface area contributed by atoms with E-state index in [1.165, 1.54) is 0 Å². The summed E-state index contributed by atoms with van der Waals surface area (Å²) in [7, 11) is 10.2. The van der Waals surface area contributed by atoms with Crippen LogP contribution in [0.2, 0.25) is 0 Å². The number of anilines is 3. The van der Waals surface area contributed by atoms with Crippen molar-refractivity contribution in [3.05, 3.63) is 72.8 Å². The van der Waals surface area contributed by atoms with Gasteiger partial charge in [0.05, 0.1) is 0 Å². The van der Waals surface area contributed by atoms with Crippen molar-refractivity contribution in [2.45, 2.75) is 0 Å². The predicted molar refractivity (Wildman–Crippen MR) is 131 cm³/mol. The zero-order chi connectivity index (χ0) is 22.4. The van der Waals surface area contributed by atoms with E-state index in [4.69, 9.17) is 13.6 Å². The summed E-state index contributed by atoms with van der Waals surface area (Å²) >= 11 is 0. The SMILES string of the molecule is CN(C)c1cccc(OP(Oc2cccc(N(C)C)c2)Oc2cccc(N(C)C)c2)c1. The van der Waals surface area contributed by atoms with Gasteiger partial charge in [-0.05, 0) is 36.4 Å². The number of nitrogens with zero attached hydrogens (tertiary/aromatic N) is 3. The summed E-state index contributed by atoms with van der Waals surface area (Å²) in [5.74, 6) is 2.06.